The van der Waals surface area contributed by atoms with Crippen molar-refractivity contribution in [1.29, 1.82) is 0 Å². The highest BCUT2D eigenvalue weighted by Crippen LogP contribution is 2.20. The summed E-state index contributed by atoms with van der Waals surface area (Å²) in [5, 5.41) is 9.45. The fraction of sp³-hybridized carbons (Fsp3) is 0.708. The van der Waals surface area contributed by atoms with Gasteiger partial charge in [-0.25, -0.2) is 13.2 Å². The second-order valence-electron chi connectivity index (χ2n) is 8.21. The van der Waals surface area contributed by atoms with Gasteiger partial charge in [0, 0.05) is 5.69 Å². The van der Waals surface area contributed by atoms with E-state index in [9.17, 15) is 18.3 Å². The van der Waals surface area contributed by atoms with Crippen LogP contribution in [0.3, 0.4) is 0 Å². The Morgan fingerprint density at radius 3 is 1.90 bits per heavy atom. The first-order valence-electron chi connectivity index (χ1n) is 11.9. The fourth-order valence-electron chi connectivity index (χ4n) is 3.38. The molecule has 1 unspecified atom stereocenters. The van der Waals surface area contributed by atoms with Gasteiger partial charge in [-0.3, -0.25) is 4.72 Å². The normalized spacial score (nSPS) is 12.5. The molecule has 0 fully saturated rings. The Morgan fingerprint density at radius 1 is 0.871 bits per heavy atom. The maximum absolute atomic E-state index is 12.0. The van der Waals surface area contributed by atoms with Gasteiger partial charge in [-0.05, 0) is 43.5 Å². The fourth-order valence-corrected chi connectivity index (χ4v) is 4.65. The number of unbranched alkanes of at least 4 members (excludes halogenated alkanes) is 10. The molecule has 31 heavy (non-hydrogen) atoms. The Kier molecular flexibility index (Phi) is 14.0. The van der Waals surface area contributed by atoms with Crippen LogP contribution >= 0.6 is 0 Å². The lowest BCUT2D eigenvalue weighted by atomic mass is 10.0. The summed E-state index contributed by atoms with van der Waals surface area (Å²) in [5.41, 5.74) is 0.449. The lowest BCUT2D eigenvalue weighted by molar-refractivity contribution is -0.145. The van der Waals surface area contributed by atoms with Crippen molar-refractivity contribution < 1.29 is 23.1 Å². The lowest BCUT2D eigenvalue weighted by Crippen LogP contribution is -2.26. The van der Waals surface area contributed by atoms with E-state index in [0.717, 1.165) is 25.7 Å². The SMILES string of the molecule is CCCCCCCCCCCCC(Oc1ccc(NS(=O)(=O)CCCC)cc1)C(=O)O. The molecule has 7 heteroatoms. The molecule has 0 aliphatic rings. The van der Waals surface area contributed by atoms with E-state index >= 15 is 0 Å². The van der Waals surface area contributed by atoms with Crippen molar-refractivity contribution in [3.8, 4) is 5.75 Å². The molecule has 1 rings (SSSR count). The Hall–Kier alpha value is -1.76. The largest absolute Gasteiger partial charge is 0.479 e. The number of rotatable bonds is 19. The Labute approximate surface area is 188 Å². The summed E-state index contributed by atoms with van der Waals surface area (Å²) in [6.45, 7) is 4.17. The smallest absolute Gasteiger partial charge is 0.344 e. The molecular formula is C24H41NO5S. The van der Waals surface area contributed by atoms with E-state index in [0.29, 0.717) is 24.3 Å². The zero-order valence-electron chi connectivity index (χ0n) is 19.3. The van der Waals surface area contributed by atoms with Crippen LogP contribution in [0, 0.1) is 0 Å². The van der Waals surface area contributed by atoms with E-state index in [1.54, 1.807) is 24.3 Å². The predicted molar refractivity (Wildman–Crippen MR) is 127 cm³/mol. The van der Waals surface area contributed by atoms with Crippen LogP contribution in [0.4, 0.5) is 5.69 Å². The highest BCUT2D eigenvalue weighted by atomic mass is 32.2. The minimum atomic E-state index is -3.36. The summed E-state index contributed by atoms with van der Waals surface area (Å²) >= 11 is 0. The van der Waals surface area contributed by atoms with E-state index in [-0.39, 0.29) is 5.75 Å². The number of anilines is 1. The van der Waals surface area contributed by atoms with Gasteiger partial charge in [-0.2, -0.15) is 0 Å². The Bertz CT molecular complexity index is 703. The molecule has 1 atom stereocenters. The number of benzene rings is 1. The van der Waals surface area contributed by atoms with Crippen molar-refractivity contribution >= 4 is 21.7 Å². The summed E-state index contributed by atoms with van der Waals surface area (Å²) in [6.07, 6.45) is 13.0. The minimum Gasteiger partial charge on any atom is -0.479 e. The molecule has 0 spiro atoms. The molecule has 178 valence electrons. The Balaban J connectivity index is 2.33. The van der Waals surface area contributed by atoms with Gasteiger partial charge in [0.25, 0.3) is 0 Å². The van der Waals surface area contributed by atoms with Crippen molar-refractivity contribution in [2.45, 2.75) is 103 Å². The number of aliphatic carboxylic acids is 1. The van der Waals surface area contributed by atoms with Crippen molar-refractivity contribution in [2.75, 3.05) is 10.5 Å². The third-order valence-electron chi connectivity index (χ3n) is 5.27. The number of carboxylic acids is 1. The summed E-state index contributed by atoms with van der Waals surface area (Å²) in [7, 11) is -3.36. The molecule has 1 aromatic rings. The molecule has 0 bridgehead atoms. The topological polar surface area (TPSA) is 92.7 Å². The zero-order valence-corrected chi connectivity index (χ0v) is 20.1. The Morgan fingerprint density at radius 2 is 1.39 bits per heavy atom. The van der Waals surface area contributed by atoms with Crippen LogP contribution in [0.25, 0.3) is 0 Å². The molecule has 0 saturated carbocycles. The molecule has 0 aromatic heterocycles. The van der Waals surface area contributed by atoms with Crippen LogP contribution in [0.5, 0.6) is 5.75 Å². The number of nitrogens with one attached hydrogen (secondary N) is 1. The van der Waals surface area contributed by atoms with Gasteiger partial charge < -0.3 is 9.84 Å². The van der Waals surface area contributed by atoms with Crippen LogP contribution in [-0.4, -0.2) is 31.4 Å². The first-order valence-corrected chi connectivity index (χ1v) is 13.5. The molecule has 0 radical (unpaired) electrons. The van der Waals surface area contributed by atoms with Crippen LogP contribution in [0.1, 0.15) is 97.3 Å². The van der Waals surface area contributed by atoms with Crippen molar-refractivity contribution in [3.63, 3.8) is 0 Å². The highest BCUT2D eigenvalue weighted by Gasteiger charge is 2.19. The maximum Gasteiger partial charge on any atom is 0.344 e. The van der Waals surface area contributed by atoms with Gasteiger partial charge in [0.15, 0.2) is 6.10 Å². The average Bonchev–Trinajstić information content (AvgIpc) is 2.73. The first kappa shape index (κ1) is 27.3. The first-order chi connectivity index (χ1) is 14.9. The van der Waals surface area contributed by atoms with Gasteiger partial charge >= 0.3 is 5.97 Å². The number of hydrogen-bond donors (Lipinski definition) is 2. The summed E-state index contributed by atoms with van der Waals surface area (Å²) in [6, 6.07) is 6.40. The van der Waals surface area contributed by atoms with E-state index in [1.807, 2.05) is 6.92 Å². The van der Waals surface area contributed by atoms with Gasteiger partial charge in [0.05, 0.1) is 5.75 Å². The number of carboxylic acid groups (broad SMARTS) is 1. The third-order valence-corrected chi connectivity index (χ3v) is 6.64. The summed E-state index contributed by atoms with van der Waals surface area (Å²) < 4.78 is 32.1. The van der Waals surface area contributed by atoms with Crippen LogP contribution in [0.2, 0.25) is 0 Å². The predicted octanol–water partition coefficient (Wildman–Crippen LogP) is 6.37. The van der Waals surface area contributed by atoms with Gasteiger partial charge in [-0.1, -0.05) is 78.1 Å². The molecule has 0 heterocycles. The van der Waals surface area contributed by atoms with Gasteiger partial charge in [-0.15, -0.1) is 0 Å². The number of ether oxygens (including phenoxy) is 1. The monoisotopic (exact) mass is 455 g/mol. The van der Waals surface area contributed by atoms with Crippen LogP contribution in [0.15, 0.2) is 24.3 Å². The van der Waals surface area contributed by atoms with Crippen molar-refractivity contribution in [2.24, 2.45) is 0 Å². The second kappa shape index (κ2) is 16.0. The summed E-state index contributed by atoms with van der Waals surface area (Å²) in [4.78, 5) is 11.5. The van der Waals surface area contributed by atoms with Crippen molar-refractivity contribution in [3.05, 3.63) is 24.3 Å². The molecule has 2 N–H and O–H groups in total. The summed E-state index contributed by atoms with van der Waals surface area (Å²) in [5.74, 6) is -0.460. The number of hydrogen-bond acceptors (Lipinski definition) is 4. The van der Waals surface area contributed by atoms with E-state index in [2.05, 4.69) is 11.6 Å². The average molecular weight is 456 g/mol. The molecule has 1 aromatic carbocycles. The molecule has 0 amide bonds. The van der Waals surface area contributed by atoms with Crippen molar-refractivity contribution in [1.82, 2.24) is 0 Å². The molecule has 0 aliphatic carbocycles. The lowest BCUT2D eigenvalue weighted by Gasteiger charge is -2.15. The number of sulfonamides is 1. The number of carbonyl (C=O) groups is 1. The third kappa shape index (κ3) is 13.3. The molecular weight excluding hydrogens is 414 g/mol. The van der Waals surface area contributed by atoms with Gasteiger partial charge in [0.2, 0.25) is 10.0 Å². The quantitative estimate of drug-likeness (QED) is 0.236. The van der Waals surface area contributed by atoms with Crippen LogP contribution in [-0.2, 0) is 14.8 Å². The van der Waals surface area contributed by atoms with E-state index in [1.165, 1.54) is 44.9 Å². The van der Waals surface area contributed by atoms with E-state index in [4.69, 9.17) is 4.74 Å². The molecule has 0 saturated heterocycles. The zero-order chi connectivity index (χ0) is 23.0. The standard InChI is InChI=1S/C24H41NO5S/c1-3-5-7-8-9-10-11-12-13-14-15-23(24(26)27)30-22-18-16-21(17-19-22)25-31(28,29)20-6-4-2/h16-19,23,25H,3-15,20H2,1-2H3,(H,26,27). The maximum atomic E-state index is 12.0. The van der Waals surface area contributed by atoms with Crippen LogP contribution < -0.4 is 9.46 Å². The minimum absolute atomic E-state index is 0.0850. The van der Waals surface area contributed by atoms with E-state index < -0.39 is 22.1 Å². The molecule has 0 aliphatic heterocycles. The second-order valence-corrected chi connectivity index (χ2v) is 10.1. The van der Waals surface area contributed by atoms with Gasteiger partial charge in [0.1, 0.15) is 5.75 Å². The highest BCUT2D eigenvalue weighted by molar-refractivity contribution is 7.92. The molecule has 6 nitrogen and oxygen atoms in total.